The highest BCUT2D eigenvalue weighted by Crippen LogP contribution is 2.25. The largest absolute Gasteiger partial charge is 0.389 e. The van der Waals surface area contributed by atoms with Crippen LogP contribution in [0.1, 0.15) is 11.7 Å². The average Bonchev–Trinajstić information content (AvgIpc) is 2.20. The van der Waals surface area contributed by atoms with Gasteiger partial charge in [-0.05, 0) is 22.0 Å². The standard InChI is InChI=1S/C9H10BrFO2S/c10-6-3-1-2-5(8(6)11)9(13)7(12)4-14/h1-3,7,9,12-14H,4H2. The lowest BCUT2D eigenvalue weighted by Gasteiger charge is -2.17. The maximum Gasteiger partial charge on any atom is 0.143 e. The van der Waals surface area contributed by atoms with Crippen LogP contribution >= 0.6 is 28.6 Å². The van der Waals surface area contributed by atoms with E-state index in [1.54, 1.807) is 6.07 Å². The molecule has 0 heterocycles. The molecule has 2 N–H and O–H groups in total. The van der Waals surface area contributed by atoms with Crippen molar-refractivity contribution >= 4 is 28.6 Å². The Balaban J connectivity index is 3.01. The predicted octanol–water partition coefficient (Wildman–Crippen LogP) is 1.91. The Hall–Kier alpha value is -0.100. The quantitative estimate of drug-likeness (QED) is 0.741. The lowest BCUT2D eigenvalue weighted by Crippen LogP contribution is -2.20. The van der Waals surface area contributed by atoms with Crippen LogP contribution in [0, 0.1) is 5.82 Å². The molecule has 78 valence electrons. The fraction of sp³-hybridized carbons (Fsp3) is 0.333. The minimum absolute atomic E-state index is 0.0703. The van der Waals surface area contributed by atoms with Crippen molar-refractivity contribution in [2.45, 2.75) is 12.2 Å². The van der Waals surface area contributed by atoms with Crippen LogP contribution in [-0.2, 0) is 0 Å². The molecule has 0 aliphatic heterocycles. The van der Waals surface area contributed by atoms with E-state index < -0.39 is 18.0 Å². The van der Waals surface area contributed by atoms with Gasteiger partial charge in [-0.3, -0.25) is 0 Å². The van der Waals surface area contributed by atoms with Crippen molar-refractivity contribution in [1.82, 2.24) is 0 Å². The summed E-state index contributed by atoms with van der Waals surface area (Å²) in [7, 11) is 0. The van der Waals surface area contributed by atoms with E-state index in [9.17, 15) is 14.6 Å². The van der Waals surface area contributed by atoms with Gasteiger partial charge in [0.2, 0.25) is 0 Å². The van der Waals surface area contributed by atoms with Gasteiger partial charge < -0.3 is 10.2 Å². The zero-order valence-corrected chi connectivity index (χ0v) is 9.67. The van der Waals surface area contributed by atoms with Crippen LogP contribution in [-0.4, -0.2) is 22.1 Å². The number of rotatable bonds is 3. The molecular formula is C9H10BrFO2S. The third-order valence-corrected chi connectivity index (χ3v) is 2.84. The van der Waals surface area contributed by atoms with Crippen LogP contribution in [0.2, 0.25) is 0 Å². The smallest absolute Gasteiger partial charge is 0.143 e. The SMILES string of the molecule is OC(CS)C(O)c1cccc(Br)c1F. The van der Waals surface area contributed by atoms with Crippen molar-refractivity contribution in [3.05, 3.63) is 34.1 Å². The van der Waals surface area contributed by atoms with E-state index >= 15 is 0 Å². The van der Waals surface area contributed by atoms with E-state index in [0.29, 0.717) is 0 Å². The Morgan fingerprint density at radius 1 is 1.43 bits per heavy atom. The van der Waals surface area contributed by atoms with Crippen molar-refractivity contribution in [3.63, 3.8) is 0 Å². The van der Waals surface area contributed by atoms with E-state index in [4.69, 9.17) is 0 Å². The first-order valence-corrected chi connectivity index (χ1v) is 5.41. The number of aliphatic hydroxyl groups excluding tert-OH is 2. The molecule has 1 aromatic carbocycles. The van der Waals surface area contributed by atoms with Crippen molar-refractivity contribution in [2.75, 3.05) is 5.75 Å². The fourth-order valence-corrected chi connectivity index (χ4v) is 1.64. The monoisotopic (exact) mass is 280 g/mol. The van der Waals surface area contributed by atoms with Gasteiger partial charge in [0.05, 0.1) is 10.6 Å². The zero-order chi connectivity index (χ0) is 10.7. The molecule has 2 unspecified atom stereocenters. The zero-order valence-electron chi connectivity index (χ0n) is 7.19. The van der Waals surface area contributed by atoms with Crippen LogP contribution in [0.15, 0.2) is 22.7 Å². The molecule has 0 aromatic heterocycles. The Kier molecular flexibility index (Phi) is 4.37. The van der Waals surface area contributed by atoms with Gasteiger partial charge in [-0.2, -0.15) is 12.6 Å². The molecule has 0 saturated heterocycles. The molecular weight excluding hydrogens is 271 g/mol. The Labute approximate surface area is 95.3 Å². The Bertz CT molecular complexity index is 322. The summed E-state index contributed by atoms with van der Waals surface area (Å²) in [5.74, 6) is -0.478. The number of halogens is 2. The molecule has 5 heteroatoms. The summed E-state index contributed by atoms with van der Waals surface area (Å²) in [5.41, 5.74) is 0.0703. The minimum atomic E-state index is -1.25. The highest BCUT2D eigenvalue weighted by Gasteiger charge is 2.21. The van der Waals surface area contributed by atoms with Crippen LogP contribution in [0.25, 0.3) is 0 Å². The molecule has 0 spiro atoms. The number of aliphatic hydroxyl groups is 2. The van der Waals surface area contributed by atoms with Gasteiger partial charge in [-0.15, -0.1) is 0 Å². The number of hydrogen-bond acceptors (Lipinski definition) is 3. The van der Waals surface area contributed by atoms with Gasteiger partial charge in [-0.25, -0.2) is 4.39 Å². The molecule has 1 aromatic rings. The summed E-state index contributed by atoms with van der Waals surface area (Å²) >= 11 is 6.82. The molecule has 0 aliphatic rings. The molecule has 1 rings (SSSR count). The summed E-state index contributed by atoms with van der Waals surface area (Å²) in [6.07, 6.45) is -2.31. The molecule has 14 heavy (non-hydrogen) atoms. The third kappa shape index (κ3) is 2.48. The fourth-order valence-electron chi connectivity index (χ4n) is 1.06. The first-order valence-electron chi connectivity index (χ1n) is 3.98. The number of hydrogen-bond donors (Lipinski definition) is 3. The second-order valence-corrected chi connectivity index (χ2v) is 4.06. The van der Waals surface area contributed by atoms with E-state index in [2.05, 4.69) is 28.6 Å². The molecule has 2 nitrogen and oxygen atoms in total. The van der Waals surface area contributed by atoms with Gasteiger partial charge in [0.25, 0.3) is 0 Å². The second-order valence-electron chi connectivity index (χ2n) is 2.84. The van der Waals surface area contributed by atoms with Crippen LogP contribution in [0.3, 0.4) is 0 Å². The lowest BCUT2D eigenvalue weighted by atomic mass is 10.1. The predicted molar refractivity (Wildman–Crippen MR) is 58.9 cm³/mol. The second kappa shape index (κ2) is 5.11. The van der Waals surface area contributed by atoms with E-state index in [-0.39, 0.29) is 15.8 Å². The first-order chi connectivity index (χ1) is 6.57. The van der Waals surface area contributed by atoms with Crippen LogP contribution in [0.4, 0.5) is 4.39 Å². The number of thiol groups is 1. The average molecular weight is 281 g/mol. The topological polar surface area (TPSA) is 40.5 Å². The maximum atomic E-state index is 13.4. The molecule has 0 amide bonds. The first kappa shape index (κ1) is 12.0. The lowest BCUT2D eigenvalue weighted by molar-refractivity contribution is 0.0314. The van der Waals surface area contributed by atoms with Crippen LogP contribution in [0.5, 0.6) is 0 Å². The summed E-state index contributed by atoms with van der Waals surface area (Å²) < 4.78 is 13.7. The number of benzene rings is 1. The Morgan fingerprint density at radius 2 is 2.07 bits per heavy atom. The van der Waals surface area contributed by atoms with Gasteiger partial charge in [0, 0.05) is 11.3 Å². The van der Waals surface area contributed by atoms with E-state index in [1.807, 2.05) is 0 Å². The van der Waals surface area contributed by atoms with Crippen molar-refractivity contribution in [2.24, 2.45) is 0 Å². The van der Waals surface area contributed by atoms with Crippen LogP contribution < -0.4 is 0 Å². The van der Waals surface area contributed by atoms with Gasteiger partial charge in [-0.1, -0.05) is 12.1 Å². The van der Waals surface area contributed by atoms with Crippen molar-refractivity contribution in [1.29, 1.82) is 0 Å². The molecule has 2 atom stereocenters. The van der Waals surface area contributed by atoms with Gasteiger partial charge in [0.15, 0.2) is 0 Å². The van der Waals surface area contributed by atoms with E-state index in [0.717, 1.165) is 0 Å². The summed E-state index contributed by atoms with van der Waals surface area (Å²) in [5, 5.41) is 18.8. The molecule has 0 radical (unpaired) electrons. The maximum absolute atomic E-state index is 13.4. The molecule has 0 aliphatic carbocycles. The van der Waals surface area contributed by atoms with Crippen molar-refractivity contribution in [3.8, 4) is 0 Å². The minimum Gasteiger partial charge on any atom is -0.389 e. The molecule has 0 bridgehead atoms. The van der Waals surface area contributed by atoms with Gasteiger partial charge >= 0.3 is 0 Å². The van der Waals surface area contributed by atoms with Crippen molar-refractivity contribution < 1.29 is 14.6 Å². The highest BCUT2D eigenvalue weighted by molar-refractivity contribution is 9.10. The molecule has 0 saturated carbocycles. The third-order valence-electron chi connectivity index (χ3n) is 1.85. The normalized spacial score (nSPS) is 15.2. The summed E-state index contributed by atoms with van der Waals surface area (Å²) in [4.78, 5) is 0. The Morgan fingerprint density at radius 3 is 2.64 bits per heavy atom. The summed E-state index contributed by atoms with van der Waals surface area (Å²) in [6, 6.07) is 4.55. The summed E-state index contributed by atoms with van der Waals surface area (Å²) in [6.45, 7) is 0. The van der Waals surface area contributed by atoms with E-state index in [1.165, 1.54) is 12.1 Å². The highest BCUT2D eigenvalue weighted by atomic mass is 79.9. The molecule has 0 fully saturated rings. The van der Waals surface area contributed by atoms with Gasteiger partial charge in [0.1, 0.15) is 11.9 Å².